The number of nitrogens with one attached hydrogen (secondary N) is 1. The van der Waals surface area contributed by atoms with Crippen LogP contribution in [0.5, 0.6) is 0 Å². The summed E-state index contributed by atoms with van der Waals surface area (Å²) in [4.78, 5) is 12.5. The van der Waals surface area contributed by atoms with Crippen LogP contribution in [0.1, 0.15) is 49.9 Å². The summed E-state index contributed by atoms with van der Waals surface area (Å²) in [7, 11) is -1.98. The summed E-state index contributed by atoms with van der Waals surface area (Å²) in [5.41, 5.74) is 6.34. The zero-order valence-electron chi connectivity index (χ0n) is 14.5. The highest BCUT2D eigenvalue weighted by atomic mass is 32.2. The lowest BCUT2D eigenvalue weighted by molar-refractivity contribution is 0.0925. The summed E-state index contributed by atoms with van der Waals surface area (Å²) in [6.07, 6.45) is 3.62. The SMILES string of the molecule is CC(C)N(C)S(=O)(=O)c1ccc(C(=O)NC2CCC(N)CC2)cc1. The Morgan fingerprint density at radius 2 is 1.71 bits per heavy atom. The Kier molecular flexibility index (Phi) is 6.01. The molecule has 0 radical (unpaired) electrons. The van der Waals surface area contributed by atoms with E-state index in [9.17, 15) is 13.2 Å². The summed E-state index contributed by atoms with van der Waals surface area (Å²) in [5, 5.41) is 3.00. The molecule has 0 saturated heterocycles. The van der Waals surface area contributed by atoms with Crippen LogP contribution in [0.2, 0.25) is 0 Å². The summed E-state index contributed by atoms with van der Waals surface area (Å²) in [6, 6.07) is 6.35. The monoisotopic (exact) mass is 353 g/mol. The number of rotatable bonds is 5. The largest absolute Gasteiger partial charge is 0.349 e. The zero-order chi connectivity index (χ0) is 17.9. The van der Waals surface area contributed by atoms with Gasteiger partial charge in [0.25, 0.3) is 5.91 Å². The maximum absolute atomic E-state index is 12.4. The first-order valence-corrected chi connectivity index (χ1v) is 9.80. The molecule has 1 saturated carbocycles. The van der Waals surface area contributed by atoms with Gasteiger partial charge in [-0.1, -0.05) is 0 Å². The van der Waals surface area contributed by atoms with Crippen LogP contribution in [0.25, 0.3) is 0 Å². The van der Waals surface area contributed by atoms with Gasteiger partial charge in [0, 0.05) is 30.7 Å². The first-order valence-electron chi connectivity index (χ1n) is 8.36. The molecule has 1 aliphatic carbocycles. The number of nitrogens with zero attached hydrogens (tertiary/aromatic N) is 1. The van der Waals surface area contributed by atoms with E-state index in [0.29, 0.717) is 5.56 Å². The lowest BCUT2D eigenvalue weighted by Gasteiger charge is -2.26. The molecule has 6 nitrogen and oxygen atoms in total. The van der Waals surface area contributed by atoms with Crippen LogP contribution in [0.4, 0.5) is 0 Å². The van der Waals surface area contributed by atoms with E-state index < -0.39 is 10.0 Å². The van der Waals surface area contributed by atoms with E-state index in [2.05, 4.69) is 5.32 Å². The van der Waals surface area contributed by atoms with Gasteiger partial charge in [-0.2, -0.15) is 4.31 Å². The van der Waals surface area contributed by atoms with Crippen molar-refractivity contribution >= 4 is 15.9 Å². The van der Waals surface area contributed by atoms with Crippen LogP contribution < -0.4 is 11.1 Å². The maximum Gasteiger partial charge on any atom is 0.251 e. The van der Waals surface area contributed by atoms with Gasteiger partial charge in [0.15, 0.2) is 0 Å². The predicted molar refractivity (Wildman–Crippen MR) is 94.2 cm³/mol. The second-order valence-corrected chi connectivity index (χ2v) is 8.72. The molecule has 134 valence electrons. The fourth-order valence-corrected chi connectivity index (χ4v) is 4.12. The minimum absolute atomic E-state index is 0.129. The number of carbonyl (C=O) groups is 1. The first kappa shape index (κ1) is 18.9. The fraction of sp³-hybridized carbons (Fsp3) is 0.588. The molecule has 0 bridgehead atoms. The van der Waals surface area contributed by atoms with Crippen molar-refractivity contribution in [2.45, 2.75) is 62.6 Å². The van der Waals surface area contributed by atoms with Crippen molar-refractivity contribution in [1.82, 2.24) is 9.62 Å². The van der Waals surface area contributed by atoms with E-state index in [-0.39, 0.29) is 28.9 Å². The number of benzene rings is 1. The van der Waals surface area contributed by atoms with Gasteiger partial charge in [0.05, 0.1) is 4.90 Å². The Balaban J connectivity index is 2.05. The average molecular weight is 353 g/mol. The lowest BCUT2D eigenvalue weighted by atomic mass is 9.91. The Labute approximate surface area is 144 Å². The van der Waals surface area contributed by atoms with Gasteiger partial charge in [0.2, 0.25) is 10.0 Å². The summed E-state index contributed by atoms with van der Waals surface area (Å²) < 4.78 is 26.1. The Morgan fingerprint density at radius 1 is 1.17 bits per heavy atom. The molecular weight excluding hydrogens is 326 g/mol. The zero-order valence-corrected chi connectivity index (χ0v) is 15.3. The van der Waals surface area contributed by atoms with Gasteiger partial charge in [-0.25, -0.2) is 8.42 Å². The van der Waals surface area contributed by atoms with E-state index >= 15 is 0 Å². The molecule has 0 aromatic heterocycles. The molecule has 0 unspecified atom stereocenters. The highest BCUT2D eigenvalue weighted by Crippen LogP contribution is 2.19. The second-order valence-electron chi connectivity index (χ2n) is 6.72. The number of nitrogens with two attached hydrogens (primary N) is 1. The van der Waals surface area contributed by atoms with Crippen LogP contribution in [-0.4, -0.2) is 43.8 Å². The van der Waals surface area contributed by atoms with Crippen LogP contribution >= 0.6 is 0 Å². The van der Waals surface area contributed by atoms with E-state index in [1.165, 1.54) is 16.4 Å². The molecule has 0 atom stereocenters. The number of sulfonamides is 1. The van der Waals surface area contributed by atoms with Crippen LogP contribution in [0, 0.1) is 0 Å². The smallest absolute Gasteiger partial charge is 0.251 e. The second kappa shape index (κ2) is 7.63. The van der Waals surface area contributed by atoms with E-state index in [0.717, 1.165) is 25.7 Å². The standard InChI is InChI=1S/C17H27N3O3S/c1-12(2)20(3)24(22,23)16-10-4-13(5-11-16)17(21)19-15-8-6-14(18)7-9-15/h4-5,10-12,14-15H,6-9,18H2,1-3H3,(H,19,21). The molecule has 0 spiro atoms. The van der Waals surface area contributed by atoms with Gasteiger partial charge in [0.1, 0.15) is 0 Å². The Morgan fingerprint density at radius 3 is 2.21 bits per heavy atom. The molecule has 7 heteroatoms. The number of hydrogen-bond acceptors (Lipinski definition) is 4. The first-order chi connectivity index (χ1) is 11.2. The number of hydrogen-bond donors (Lipinski definition) is 2. The molecular formula is C17H27N3O3S. The van der Waals surface area contributed by atoms with E-state index in [1.807, 2.05) is 13.8 Å². The maximum atomic E-state index is 12.4. The van der Waals surface area contributed by atoms with Crippen LogP contribution in [0.3, 0.4) is 0 Å². The third kappa shape index (κ3) is 4.34. The van der Waals surface area contributed by atoms with Gasteiger partial charge >= 0.3 is 0 Å². The molecule has 0 aliphatic heterocycles. The van der Waals surface area contributed by atoms with Gasteiger partial charge in [-0.3, -0.25) is 4.79 Å². The Hall–Kier alpha value is -1.44. The molecule has 1 aromatic rings. The molecule has 24 heavy (non-hydrogen) atoms. The third-order valence-electron chi connectivity index (χ3n) is 4.63. The van der Waals surface area contributed by atoms with E-state index in [4.69, 9.17) is 5.73 Å². The topological polar surface area (TPSA) is 92.5 Å². The van der Waals surface area contributed by atoms with Crippen LogP contribution in [0.15, 0.2) is 29.2 Å². The normalized spacial score (nSPS) is 21.9. The van der Waals surface area contributed by atoms with Crippen molar-refractivity contribution in [3.05, 3.63) is 29.8 Å². The molecule has 1 amide bonds. The molecule has 2 rings (SSSR count). The highest BCUT2D eigenvalue weighted by Gasteiger charge is 2.24. The van der Waals surface area contributed by atoms with Crippen molar-refractivity contribution in [2.75, 3.05) is 7.05 Å². The molecule has 1 aromatic carbocycles. The average Bonchev–Trinajstić information content (AvgIpc) is 2.56. The minimum atomic E-state index is -3.53. The summed E-state index contributed by atoms with van der Waals surface area (Å²) >= 11 is 0. The predicted octanol–water partition coefficient (Wildman–Crippen LogP) is 1.72. The number of carbonyl (C=O) groups excluding carboxylic acids is 1. The van der Waals surface area contributed by atoms with Crippen molar-refractivity contribution in [3.8, 4) is 0 Å². The summed E-state index contributed by atoms with van der Waals surface area (Å²) in [6.45, 7) is 3.63. The minimum Gasteiger partial charge on any atom is -0.349 e. The van der Waals surface area contributed by atoms with Crippen LogP contribution in [-0.2, 0) is 10.0 Å². The lowest BCUT2D eigenvalue weighted by Crippen LogP contribution is -2.40. The fourth-order valence-electron chi connectivity index (χ4n) is 2.75. The molecule has 0 heterocycles. The van der Waals surface area contributed by atoms with Crippen molar-refractivity contribution in [2.24, 2.45) is 5.73 Å². The Bertz CT molecular complexity index is 663. The molecule has 3 N–H and O–H groups in total. The van der Waals surface area contributed by atoms with Gasteiger partial charge in [-0.15, -0.1) is 0 Å². The van der Waals surface area contributed by atoms with Crippen molar-refractivity contribution < 1.29 is 13.2 Å². The molecule has 1 fully saturated rings. The van der Waals surface area contributed by atoms with Gasteiger partial charge in [-0.05, 0) is 63.8 Å². The van der Waals surface area contributed by atoms with Crippen molar-refractivity contribution in [1.29, 1.82) is 0 Å². The van der Waals surface area contributed by atoms with Crippen molar-refractivity contribution in [3.63, 3.8) is 0 Å². The molecule has 1 aliphatic rings. The number of amides is 1. The highest BCUT2D eigenvalue weighted by molar-refractivity contribution is 7.89. The third-order valence-corrected chi connectivity index (χ3v) is 6.68. The summed E-state index contributed by atoms with van der Waals surface area (Å²) in [5.74, 6) is -0.170. The van der Waals surface area contributed by atoms with E-state index in [1.54, 1.807) is 19.2 Å². The van der Waals surface area contributed by atoms with Gasteiger partial charge < -0.3 is 11.1 Å². The quantitative estimate of drug-likeness (QED) is 0.843.